The normalized spacial score (nSPS) is 13.0. The van der Waals surface area contributed by atoms with Gasteiger partial charge in [0.1, 0.15) is 11.4 Å². The van der Waals surface area contributed by atoms with Gasteiger partial charge in [-0.05, 0) is 42.4 Å². The van der Waals surface area contributed by atoms with Gasteiger partial charge < -0.3 is 5.11 Å². The average Bonchev–Trinajstić information content (AvgIpc) is 3.53. The number of hydrogen-bond donors (Lipinski definition) is 3. The molecule has 5 aromatic rings. The molecule has 34 heavy (non-hydrogen) atoms. The molecule has 0 aliphatic carbocycles. The fourth-order valence-electron chi connectivity index (χ4n) is 3.94. The Morgan fingerprint density at radius 1 is 0.853 bits per heavy atom. The molecule has 0 atom stereocenters. The number of rotatable bonds is 4. The molecule has 0 amide bonds. The van der Waals surface area contributed by atoms with Crippen LogP contribution in [0.4, 0.5) is 0 Å². The second-order valence-corrected chi connectivity index (χ2v) is 8.96. The van der Waals surface area contributed by atoms with E-state index in [1.54, 1.807) is 17.8 Å². The molecule has 0 spiro atoms. The van der Waals surface area contributed by atoms with Gasteiger partial charge in [0.25, 0.3) is 0 Å². The van der Waals surface area contributed by atoms with E-state index in [4.69, 9.17) is 0 Å². The molecule has 3 aromatic carbocycles. The number of aryl methyl sites for hydroxylation is 1. The van der Waals surface area contributed by atoms with Crippen LogP contribution in [0, 0.1) is 6.92 Å². The van der Waals surface area contributed by atoms with Crippen LogP contribution in [0.15, 0.2) is 90.1 Å². The highest BCUT2D eigenvalue weighted by atomic mass is 32.2. The Balaban J connectivity index is 1.42. The zero-order valence-electron chi connectivity index (χ0n) is 18.2. The van der Waals surface area contributed by atoms with Gasteiger partial charge in [-0.25, -0.2) is 4.68 Å². The fraction of sp³-hybridized carbons (Fsp3) is 0.0385. The molecule has 0 saturated carbocycles. The number of nitrogens with one attached hydrogen (secondary N) is 2. The van der Waals surface area contributed by atoms with Gasteiger partial charge in [0.2, 0.25) is 11.0 Å². The minimum Gasteiger partial charge on any atom is -0.507 e. The van der Waals surface area contributed by atoms with Crippen LogP contribution in [0.3, 0.4) is 0 Å². The number of phenols is 1. The molecule has 0 bridgehead atoms. The molecule has 0 saturated heterocycles. The Morgan fingerprint density at radius 3 is 2.35 bits per heavy atom. The lowest BCUT2D eigenvalue weighted by Crippen LogP contribution is -2.20. The Kier molecular flexibility index (Phi) is 4.92. The molecule has 3 N–H and O–H groups in total. The monoisotopic (exact) mass is 464 g/mol. The Hall–Kier alpha value is -4.30. The quantitative estimate of drug-likeness (QED) is 0.324. The van der Waals surface area contributed by atoms with Crippen molar-refractivity contribution in [2.24, 2.45) is 0 Å². The summed E-state index contributed by atoms with van der Waals surface area (Å²) in [6.45, 7) is 1.98. The van der Waals surface area contributed by atoms with E-state index in [0.29, 0.717) is 22.8 Å². The van der Waals surface area contributed by atoms with E-state index in [-0.39, 0.29) is 5.75 Å². The summed E-state index contributed by atoms with van der Waals surface area (Å²) in [6, 6.07) is 27.8. The largest absolute Gasteiger partial charge is 0.507 e. The topological polar surface area (TPSA) is 91.7 Å². The lowest BCUT2D eigenvalue weighted by molar-refractivity contribution is 0.477. The van der Waals surface area contributed by atoms with Crippen molar-refractivity contribution in [1.29, 1.82) is 0 Å². The molecule has 166 valence electrons. The zero-order chi connectivity index (χ0) is 23.1. The van der Waals surface area contributed by atoms with Crippen LogP contribution < -0.4 is 5.43 Å². The van der Waals surface area contributed by atoms with E-state index in [9.17, 15) is 5.11 Å². The maximum absolute atomic E-state index is 10.3. The number of nitrogens with zero attached hydrogens (tertiary/aromatic N) is 4. The molecular formula is C26H20N6OS. The summed E-state index contributed by atoms with van der Waals surface area (Å²) < 4.78 is 1.87. The number of fused-ring (bicyclic) bond motifs is 1. The smallest absolute Gasteiger partial charge is 0.215 e. The lowest BCUT2D eigenvalue weighted by atomic mass is 10.1. The predicted octanol–water partition coefficient (Wildman–Crippen LogP) is 5.52. The van der Waals surface area contributed by atoms with Crippen molar-refractivity contribution in [2.75, 3.05) is 5.43 Å². The van der Waals surface area contributed by atoms with E-state index in [0.717, 1.165) is 32.4 Å². The number of aromatic nitrogens is 5. The molecule has 0 unspecified atom stereocenters. The highest BCUT2D eigenvalue weighted by Crippen LogP contribution is 2.43. The summed E-state index contributed by atoms with van der Waals surface area (Å²) in [5.41, 5.74) is 9.72. The van der Waals surface area contributed by atoms with Gasteiger partial charge in [-0.3, -0.25) is 10.5 Å². The number of aromatic hydroxyl groups is 1. The number of thioether (sulfide) groups is 1. The predicted molar refractivity (Wildman–Crippen MR) is 134 cm³/mol. The number of hydrogen-bond acceptors (Lipinski definition) is 6. The number of phenolic OH excluding ortho intramolecular Hbond substituents is 1. The number of H-pyrrole nitrogens is 1. The van der Waals surface area contributed by atoms with Crippen molar-refractivity contribution in [3.8, 4) is 28.5 Å². The van der Waals surface area contributed by atoms with Gasteiger partial charge in [-0.1, -0.05) is 72.3 Å². The van der Waals surface area contributed by atoms with Crippen molar-refractivity contribution in [2.45, 2.75) is 12.1 Å². The van der Waals surface area contributed by atoms with Gasteiger partial charge >= 0.3 is 0 Å². The molecule has 0 radical (unpaired) electrons. The van der Waals surface area contributed by atoms with Crippen LogP contribution in [-0.4, -0.2) is 30.2 Å². The van der Waals surface area contributed by atoms with Crippen LogP contribution in [0.2, 0.25) is 0 Å². The average molecular weight is 465 g/mol. The van der Waals surface area contributed by atoms with Crippen molar-refractivity contribution < 1.29 is 5.11 Å². The third kappa shape index (κ3) is 3.54. The third-order valence-corrected chi connectivity index (χ3v) is 6.71. The van der Waals surface area contributed by atoms with Crippen molar-refractivity contribution >= 4 is 22.4 Å². The lowest BCUT2D eigenvalue weighted by Gasteiger charge is -2.24. The van der Waals surface area contributed by atoms with Crippen LogP contribution in [0.5, 0.6) is 5.75 Å². The number of benzene rings is 3. The highest BCUT2D eigenvalue weighted by molar-refractivity contribution is 8.08. The van der Waals surface area contributed by atoms with Crippen molar-refractivity contribution in [1.82, 2.24) is 25.1 Å². The second-order valence-electron chi connectivity index (χ2n) is 7.98. The summed E-state index contributed by atoms with van der Waals surface area (Å²) in [4.78, 5) is 1.08. The zero-order valence-corrected chi connectivity index (χ0v) is 19.0. The Morgan fingerprint density at radius 2 is 1.59 bits per heavy atom. The third-order valence-electron chi connectivity index (χ3n) is 5.62. The van der Waals surface area contributed by atoms with Crippen LogP contribution in [0.1, 0.15) is 16.7 Å². The van der Waals surface area contributed by atoms with E-state index in [1.165, 1.54) is 0 Å². The second kappa shape index (κ2) is 8.24. The minimum atomic E-state index is 0.183. The molecule has 0 fully saturated rings. The molecular weight excluding hydrogens is 444 g/mol. The highest BCUT2D eigenvalue weighted by Gasteiger charge is 2.26. The molecule has 7 nitrogen and oxygen atoms in total. The van der Waals surface area contributed by atoms with Gasteiger partial charge in [0.15, 0.2) is 0 Å². The van der Waals surface area contributed by atoms with E-state index in [1.807, 2.05) is 66.2 Å². The molecule has 6 rings (SSSR count). The first-order valence-electron chi connectivity index (χ1n) is 10.8. The minimum absolute atomic E-state index is 0.183. The molecule has 3 heterocycles. The standard InChI is InChI=1S/C26H20N6OS/c1-16-12-13-22(33)19(14-16)20-15-21(28-27-20)25-29-30-26-32(25)31-23(17-8-4-2-5-9-17)24(34-26)18-10-6-3-7-11-18/h2-15,31,33H,1H3,(H,27,28). The van der Waals surface area contributed by atoms with Gasteiger partial charge in [0, 0.05) is 16.0 Å². The summed E-state index contributed by atoms with van der Waals surface area (Å²) in [5, 5.41) is 27.4. The van der Waals surface area contributed by atoms with E-state index >= 15 is 0 Å². The first-order chi connectivity index (χ1) is 16.7. The summed E-state index contributed by atoms with van der Waals surface area (Å²) in [5.74, 6) is 0.788. The molecule has 1 aliphatic rings. The van der Waals surface area contributed by atoms with E-state index < -0.39 is 0 Å². The van der Waals surface area contributed by atoms with Crippen LogP contribution in [0.25, 0.3) is 33.4 Å². The fourth-order valence-corrected chi connectivity index (χ4v) is 4.95. The Bertz CT molecular complexity index is 1520. The number of aromatic amines is 1. The molecule has 1 aliphatic heterocycles. The van der Waals surface area contributed by atoms with Gasteiger partial charge in [0.05, 0.1) is 11.4 Å². The van der Waals surface area contributed by atoms with Crippen molar-refractivity contribution in [3.05, 3.63) is 102 Å². The summed E-state index contributed by atoms with van der Waals surface area (Å²) in [7, 11) is 0. The molecule has 8 heteroatoms. The SMILES string of the molecule is Cc1ccc(O)c(-c2cc(-c3nnc4n3NC(c3ccccc3)=C(c3ccccc3)S4)[nH]n2)c1. The van der Waals surface area contributed by atoms with Gasteiger partial charge in [-0.15, -0.1) is 10.2 Å². The van der Waals surface area contributed by atoms with E-state index in [2.05, 4.69) is 50.1 Å². The first kappa shape index (κ1) is 20.3. The van der Waals surface area contributed by atoms with Gasteiger partial charge in [-0.2, -0.15) is 5.10 Å². The molecule has 2 aromatic heterocycles. The maximum Gasteiger partial charge on any atom is 0.215 e. The van der Waals surface area contributed by atoms with Crippen LogP contribution >= 0.6 is 11.8 Å². The first-order valence-corrected chi connectivity index (χ1v) is 11.6. The summed E-state index contributed by atoms with van der Waals surface area (Å²) >= 11 is 1.57. The van der Waals surface area contributed by atoms with Crippen molar-refractivity contribution in [3.63, 3.8) is 0 Å². The summed E-state index contributed by atoms with van der Waals surface area (Å²) in [6.07, 6.45) is 0. The maximum atomic E-state index is 10.3. The van der Waals surface area contributed by atoms with Crippen LogP contribution in [-0.2, 0) is 0 Å². The Labute approximate surface area is 200 Å².